The summed E-state index contributed by atoms with van der Waals surface area (Å²) in [6, 6.07) is 12.4. The monoisotopic (exact) mass is 336 g/mol. The SMILES string of the molecule is Cc1ccccc1C(O)CNC(=O)Nc1cccc(OC(F)F)c1. The van der Waals surface area contributed by atoms with Crippen molar-refractivity contribution >= 4 is 11.7 Å². The van der Waals surface area contributed by atoms with Gasteiger partial charge in [0.25, 0.3) is 0 Å². The lowest BCUT2D eigenvalue weighted by Crippen LogP contribution is -2.32. The van der Waals surface area contributed by atoms with Crippen molar-refractivity contribution in [2.24, 2.45) is 0 Å². The molecular weight excluding hydrogens is 318 g/mol. The first-order valence-electron chi connectivity index (χ1n) is 7.29. The molecule has 0 saturated carbocycles. The van der Waals surface area contributed by atoms with Gasteiger partial charge >= 0.3 is 12.6 Å². The molecule has 128 valence electrons. The van der Waals surface area contributed by atoms with Crippen molar-refractivity contribution in [3.05, 3.63) is 59.7 Å². The molecular formula is C17H18F2N2O3. The Morgan fingerprint density at radius 3 is 2.67 bits per heavy atom. The number of aliphatic hydroxyl groups excluding tert-OH is 1. The van der Waals surface area contributed by atoms with Crippen LogP contribution in [0.1, 0.15) is 17.2 Å². The van der Waals surface area contributed by atoms with Crippen molar-refractivity contribution in [2.75, 3.05) is 11.9 Å². The van der Waals surface area contributed by atoms with Gasteiger partial charge in [-0.05, 0) is 30.2 Å². The first-order chi connectivity index (χ1) is 11.5. The summed E-state index contributed by atoms with van der Waals surface area (Å²) in [4.78, 5) is 11.8. The first kappa shape index (κ1) is 17.7. The van der Waals surface area contributed by atoms with Gasteiger partial charge in [0.1, 0.15) is 5.75 Å². The van der Waals surface area contributed by atoms with Crippen LogP contribution in [0.15, 0.2) is 48.5 Å². The number of carbonyl (C=O) groups excluding carboxylic acids is 1. The molecule has 5 nitrogen and oxygen atoms in total. The molecule has 3 N–H and O–H groups in total. The highest BCUT2D eigenvalue weighted by atomic mass is 19.3. The topological polar surface area (TPSA) is 70.6 Å². The first-order valence-corrected chi connectivity index (χ1v) is 7.29. The number of hydrogen-bond donors (Lipinski definition) is 3. The Morgan fingerprint density at radius 2 is 1.96 bits per heavy atom. The number of hydrogen-bond acceptors (Lipinski definition) is 3. The Bertz CT molecular complexity index is 695. The highest BCUT2D eigenvalue weighted by Crippen LogP contribution is 2.19. The van der Waals surface area contributed by atoms with Gasteiger partial charge in [-0.3, -0.25) is 0 Å². The third kappa shape index (κ3) is 5.20. The van der Waals surface area contributed by atoms with Crippen molar-refractivity contribution in [3.63, 3.8) is 0 Å². The van der Waals surface area contributed by atoms with E-state index < -0.39 is 18.7 Å². The molecule has 0 aromatic heterocycles. The van der Waals surface area contributed by atoms with Crippen molar-refractivity contribution in [1.82, 2.24) is 5.32 Å². The summed E-state index contributed by atoms with van der Waals surface area (Å²) in [5.74, 6) is -0.0530. The fourth-order valence-corrected chi connectivity index (χ4v) is 2.19. The number of benzene rings is 2. The number of urea groups is 1. The van der Waals surface area contributed by atoms with Crippen LogP contribution >= 0.6 is 0 Å². The number of amides is 2. The maximum absolute atomic E-state index is 12.2. The highest BCUT2D eigenvalue weighted by molar-refractivity contribution is 5.89. The Labute approximate surface area is 138 Å². The van der Waals surface area contributed by atoms with E-state index in [2.05, 4.69) is 15.4 Å². The Hall–Kier alpha value is -2.67. The van der Waals surface area contributed by atoms with Crippen molar-refractivity contribution in [1.29, 1.82) is 0 Å². The average molecular weight is 336 g/mol. The summed E-state index contributed by atoms with van der Waals surface area (Å²) in [7, 11) is 0. The van der Waals surface area contributed by atoms with Crippen LogP contribution in [0.4, 0.5) is 19.3 Å². The molecule has 2 amide bonds. The van der Waals surface area contributed by atoms with E-state index in [9.17, 15) is 18.7 Å². The molecule has 0 aliphatic carbocycles. The lowest BCUT2D eigenvalue weighted by atomic mass is 10.0. The van der Waals surface area contributed by atoms with Crippen LogP contribution in [0.25, 0.3) is 0 Å². The highest BCUT2D eigenvalue weighted by Gasteiger charge is 2.12. The van der Waals surface area contributed by atoms with Gasteiger partial charge in [-0.15, -0.1) is 0 Å². The van der Waals surface area contributed by atoms with E-state index in [1.165, 1.54) is 24.3 Å². The molecule has 0 heterocycles. The number of nitrogens with one attached hydrogen (secondary N) is 2. The molecule has 1 atom stereocenters. The number of carbonyl (C=O) groups is 1. The predicted molar refractivity (Wildman–Crippen MR) is 86.2 cm³/mol. The molecule has 0 bridgehead atoms. The molecule has 7 heteroatoms. The number of alkyl halides is 2. The van der Waals surface area contributed by atoms with Gasteiger partial charge < -0.3 is 20.5 Å². The van der Waals surface area contributed by atoms with Crippen LogP contribution in [0.2, 0.25) is 0 Å². The van der Waals surface area contributed by atoms with Crippen LogP contribution in [-0.4, -0.2) is 24.3 Å². The quantitative estimate of drug-likeness (QED) is 0.757. The Morgan fingerprint density at radius 1 is 1.21 bits per heavy atom. The minimum atomic E-state index is -2.93. The van der Waals surface area contributed by atoms with Gasteiger partial charge in [0.15, 0.2) is 0 Å². The number of anilines is 1. The fourth-order valence-electron chi connectivity index (χ4n) is 2.19. The summed E-state index contributed by atoms with van der Waals surface area (Å²) in [6.45, 7) is -1.05. The third-order valence-corrected chi connectivity index (χ3v) is 3.32. The van der Waals surface area contributed by atoms with E-state index in [1.807, 2.05) is 19.1 Å². The fraction of sp³-hybridized carbons (Fsp3) is 0.235. The lowest BCUT2D eigenvalue weighted by Gasteiger charge is -2.15. The summed E-state index contributed by atoms with van der Waals surface area (Å²) >= 11 is 0. The molecule has 2 aromatic rings. The third-order valence-electron chi connectivity index (χ3n) is 3.32. The van der Waals surface area contributed by atoms with Crippen LogP contribution < -0.4 is 15.4 Å². The summed E-state index contributed by atoms with van der Waals surface area (Å²) in [6.07, 6.45) is -0.842. The number of ether oxygens (including phenoxy) is 1. The average Bonchev–Trinajstić information content (AvgIpc) is 2.53. The van der Waals surface area contributed by atoms with Gasteiger partial charge in [0, 0.05) is 18.3 Å². The largest absolute Gasteiger partial charge is 0.435 e. The molecule has 0 aliphatic heterocycles. The zero-order valence-corrected chi connectivity index (χ0v) is 13.0. The van der Waals surface area contributed by atoms with Crippen molar-refractivity contribution < 1.29 is 23.4 Å². The number of halogens is 2. The summed E-state index contributed by atoms with van der Waals surface area (Å²) < 4.78 is 28.6. The van der Waals surface area contributed by atoms with E-state index in [-0.39, 0.29) is 12.3 Å². The predicted octanol–water partition coefficient (Wildman–Crippen LogP) is 3.45. The van der Waals surface area contributed by atoms with E-state index in [0.717, 1.165) is 11.1 Å². The molecule has 1 unspecified atom stereocenters. The van der Waals surface area contributed by atoms with E-state index in [0.29, 0.717) is 5.69 Å². The maximum Gasteiger partial charge on any atom is 0.387 e. The number of aryl methyl sites for hydroxylation is 1. The molecule has 2 rings (SSSR count). The maximum atomic E-state index is 12.2. The van der Waals surface area contributed by atoms with Crippen molar-refractivity contribution in [2.45, 2.75) is 19.6 Å². The van der Waals surface area contributed by atoms with Gasteiger partial charge in [0.05, 0.1) is 6.10 Å². The molecule has 0 fully saturated rings. The molecule has 2 aromatic carbocycles. The molecule has 0 saturated heterocycles. The lowest BCUT2D eigenvalue weighted by molar-refractivity contribution is -0.0497. The van der Waals surface area contributed by atoms with Crippen LogP contribution in [0.3, 0.4) is 0 Å². The molecule has 24 heavy (non-hydrogen) atoms. The van der Waals surface area contributed by atoms with Crippen LogP contribution in [0.5, 0.6) is 5.75 Å². The number of rotatable bonds is 6. The second-order valence-electron chi connectivity index (χ2n) is 5.11. The molecule has 0 aliphatic rings. The standard InChI is InChI=1S/C17H18F2N2O3/c1-11-5-2-3-8-14(11)15(22)10-20-17(23)21-12-6-4-7-13(9-12)24-16(18)19/h2-9,15-16,22H,10H2,1H3,(H2,20,21,23). The van der Waals surface area contributed by atoms with Crippen LogP contribution in [0, 0.1) is 6.92 Å². The Balaban J connectivity index is 1.88. The number of aliphatic hydroxyl groups is 1. The van der Waals surface area contributed by atoms with Gasteiger partial charge in [0.2, 0.25) is 0 Å². The van der Waals surface area contributed by atoms with Gasteiger partial charge in [-0.2, -0.15) is 8.78 Å². The van der Waals surface area contributed by atoms with Crippen LogP contribution in [-0.2, 0) is 0 Å². The van der Waals surface area contributed by atoms with E-state index >= 15 is 0 Å². The van der Waals surface area contributed by atoms with E-state index in [4.69, 9.17) is 0 Å². The minimum Gasteiger partial charge on any atom is -0.435 e. The van der Waals surface area contributed by atoms with Crippen molar-refractivity contribution in [3.8, 4) is 5.75 Å². The normalized spacial score (nSPS) is 11.9. The zero-order valence-electron chi connectivity index (χ0n) is 13.0. The Kier molecular flexibility index (Phi) is 6.08. The summed E-state index contributed by atoms with van der Waals surface area (Å²) in [5, 5.41) is 15.1. The smallest absolute Gasteiger partial charge is 0.387 e. The summed E-state index contributed by atoms with van der Waals surface area (Å²) in [5.41, 5.74) is 1.95. The zero-order chi connectivity index (χ0) is 17.5. The second-order valence-corrected chi connectivity index (χ2v) is 5.11. The second kappa shape index (κ2) is 8.26. The molecule has 0 radical (unpaired) electrons. The minimum absolute atomic E-state index is 0.0178. The van der Waals surface area contributed by atoms with Gasteiger partial charge in [-0.25, -0.2) is 4.79 Å². The van der Waals surface area contributed by atoms with Gasteiger partial charge in [-0.1, -0.05) is 30.3 Å². The van der Waals surface area contributed by atoms with E-state index in [1.54, 1.807) is 12.1 Å². The molecule has 0 spiro atoms.